The van der Waals surface area contributed by atoms with Crippen molar-refractivity contribution >= 4 is 5.97 Å². The highest BCUT2D eigenvalue weighted by atomic mass is 19.4. The smallest absolute Gasteiger partial charge is 0.435 e. The lowest BCUT2D eigenvalue weighted by atomic mass is 9.92. The number of hydrogen-bond acceptors (Lipinski definition) is 4. The van der Waals surface area contributed by atoms with E-state index in [9.17, 15) is 35.5 Å². The normalized spacial score (nSPS) is 24.7. The number of alkyl halides is 7. The Hall–Kier alpha value is -2.63. The van der Waals surface area contributed by atoms with Gasteiger partial charge in [0, 0.05) is 0 Å². The van der Waals surface area contributed by atoms with Crippen LogP contribution in [0, 0.1) is 0 Å². The van der Waals surface area contributed by atoms with E-state index in [0.717, 1.165) is 4.68 Å². The number of aromatic nitrogens is 2. The molecule has 0 amide bonds. The van der Waals surface area contributed by atoms with Crippen LogP contribution in [0.25, 0.3) is 0 Å². The number of hydrogen-bond donors (Lipinski definition) is 0. The Morgan fingerprint density at radius 3 is 2.48 bits per heavy atom. The van der Waals surface area contributed by atoms with Crippen molar-refractivity contribution in [3.63, 3.8) is 0 Å². The molecule has 0 bridgehead atoms. The van der Waals surface area contributed by atoms with Crippen LogP contribution in [0.3, 0.4) is 0 Å². The van der Waals surface area contributed by atoms with Gasteiger partial charge in [-0.3, -0.25) is 4.68 Å². The number of rotatable bonds is 5. The van der Waals surface area contributed by atoms with E-state index >= 15 is 0 Å². The fourth-order valence-electron chi connectivity index (χ4n) is 4.48. The number of halogens is 7. The average Bonchev–Trinajstić information content (AvgIpc) is 3.21. The van der Waals surface area contributed by atoms with Crippen LogP contribution in [0.1, 0.15) is 65.1 Å². The predicted octanol–water partition coefficient (Wildman–Crippen LogP) is 5.71. The van der Waals surface area contributed by atoms with Crippen LogP contribution in [0.15, 0.2) is 30.3 Å². The lowest BCUT2D eigenvalue weighted by Gasteiger charge is -2.30. The van der Waals surface area contributed by atoms with Crippen LogP contribution in [0.5, 0.6) is 0 Å². The fourth-order valence-corrected chi connectivity index (χ4v) is 4.48. The van der Waals surface area contributed by atoms with Gasteiger partial charge < -0.3 is 9.47 Å². The summed E-state index contributed by atoms with van der Waals surface area (Å²) in [5, 5.41) is 3.56. The maximum atomic E-state index is 14.9. The van der Waals surface area contributed by atoms with E-state index < -0.39 is 66.3 Å². The molecular formula is C21H19F7N2O3. The summed E-state index contributed by atoms with van der Waals surface area (Å²) in [4.78, 5) is 12.4. The topological polar surface area (TPSA) is 53.3 Å². The summed E-state index contributed by atoms with van der Waals surface area (Å²) >= 11 is 0. The zero-order valence-corrected chi connectivity index (χ0v) is 17.0. The molecule has 0 N–H and O–H groups in total. The number of esters is 1. The quantitative estimate of drug-likeness (QED) is 0.406. The van der Waals surface area contributed by atoms with Gasteiger partial charge in [0.1, 0.15) is 0 Å². The molecule has 1 aromatic carbocycles. The van der Waals surface area contributed by atoms with Crippen LogP contribution in [-0.4, -0.2) is 34.4 Å². The summed E-state index contributed by atoms with van der Waals surface area (Å²) in [7, 11) is 0. The van der Waals surface area contributed by atoms with Gasteiger partial charge in [0.2, 0.25) is 0 Å². The minimum Gasteiger partial charge on any atom is -0.447 e. The molecule has 4 rings (SSSR count). The summed E-state index contributed by atoms with van der Waals surface area (Å²) in [6, 6.07) is 6.21. The fraction of sp³-hybridized carbons (Fsp3) is 0.524. The van der Waals surface area contributed by atoms with E-state index in [2.05, 4.69) is 9.84 Å². The van der Waals surface area contributed by atoms with Gasteiger partial charge in [-0.15, -0.1) is 0 Å². The zero-order valence-electron chi connectivity index (χ0n) is 17.0. The summed E-state index contributed by atoms with van der Waals surface area (Å²) < 4.78 is 106. The molecule has 5 nitrogen and oxygen atoms in total. The molecular weight excluding hydrogens is 461 g/mol. The van der Waals surface area contributed by atoms with Crippen molar-refractivity contribution in [1.29, 1.82) is 0 Å². The first-order chi connectivity index (χ1) is 15.5. The summed E-state index contributed by atoms with van der Waals surface area (Å²) in [5.41, 5.74) is -2.98. The molecule has 1 aromatic heterocycles. The molecule has 2 aliphatic carbocycles. The largest absolute Gasteiger partial charge is 0.447 e. The maximum absolute atomic E-state index is 14.9. The number of carbonyl (C=O) groups excluding carboxylic acids is 1. The van der Waals surface area contributed by atoms with Gasteiger partial charge in [-0.2, -0.15) is 27.1 Å². The van der Waals surface area contributed by atoms with E-state index in [-0.39, 0.29) is 24.8 Å². The molecule has 0 saturated heterocycles. The SMILES string of the molecule is O=C(O[C@H]1c2c(C(F)(F)F)nn([C@@H]3CCC[C@@H](OC(F)F)C3)c2CC1(F)F)c1ccccc1. The Morgan fingerprint density at radius 2 is 1.85 bits per heavy atom. The van der Waals surface area contributed by atoms with Crippen molar-refractivity contribution in [3.05, 3.63) is 52.8 Å². The second-order valence-corrected chi connectivity index (χ2v) is 8.08. The Kier molecular flexibility index (Phi) is 6.14. The van der Waals surface area contributed by atoms with E-state index in [1.54, 1.807) is 6.07 Å². The highest BCUT2D eigenvalue weighted by Crippen LogP contribution is 2.51. The molecule has 0 radical (unpaired) electrons. The minimum atomic E-state index is -5.10. The second kappa shape index (κ2) is 8.62. The number of fused-ring (bicyclic) bond motifs is 1. The average molecular weight is 480 g/mol. The minimum absolute atomic E-state index is 0.0954. The molecule has 0 spiro atoms. The molecule has 2 aliphatic rings. The van der Waals surface area contributed by atoms with Crippen molar-refractivity contribution in [2.75, 3.05) is 0 Å². The lowest BCUT2D eigenvalue weighted by molar-refractivity contribution is -0.172. The van der Waals surface area contributed by atoms with E-state index in [0.29, 0.717) is 6.42 Å². The molecule has 1 heterocycles. The van der Waals surface area contributed by atoms with Crippen molar-refractivity contribution in [3.8, 4) is 0 Å². The van der Waals surface area contributed by atoms with Crippen molar-refractivity contribution < 1.29 is 45.0 Å². The summed E-state index contributed by atoms with van der Waals surface area (Å²) in [6.07, 6.45) is -8.88. The number of ether oxygens (including phenoxy) is 2. The first-order valence-corrected chi connectivity index (χ1v) is 10.2. The lowest BCUT2D eigenvalue weighted by Crippen LogP contribution is -2.30. The van der Waals surface area contributed by atoms with Gasteiger partial charge in [0.15, 0.2) is 11.8 Å². The van der Waals surface area contributed by atoms with Gasteiger partial charge >= 0.3 is 18.8 Å². The first-order valence-electron chi connectivity index (χ1n) is 10.2. The van der Waals surface area contributed by atoms with E-state index in [4.69, 9.17) is 4.74 Å². The third-order valence-electron chi connectivity index (χ3n) is 5.84. The molecule has 180 valence electrons. The van der Waals surface area contributed by atoms with Crippen molar-refractivity contribution in [1.82, 2.24) is 9.78 Å². The molecule has 12 heteroatoms. The third-order valence-corrected chi connectivity index (χ3v) is 5.84. The number of carbonyl (C=O) groups is 1. The standard InChI is InChI=1S/C21H19F7N2O3/c22-19(23)32-13-8-4-7-12(9-13)30-14-10-20(24,25)17(15(14)16(29-30)21(26,27)28)33-18(31)11-5-2-1-3-6-11/h1-3,5-6,12-13,17,19H,4,7-10H2/t12-,13-,17+/m1/s1. The monoisotopic (exact) mass is 480 g/mol. The Balaban J connectivity index is 1.71. The third kappa shape index (κ3) is 4.71. The second-order valence-electron chi connectivity index (χ2n) is 8.08. The van der Waals surface area contributed by atoms with Crippen LogP contribution < -0.4 is 0 Å². The number of nitrogens with zero attached hydrogens (tertiary/aromatic N) is 2. The Labute approximate surface area is 183 Å². The van der Waals surface area contributed by atoms with Gasteiger partial charge in [-0.25, -0.2) is 13.6 Å². The van der Waals surface area contributed by atoms with E-state index in [1.165, 1.54) is 24.3 Å². The molecule has 3 atom stereocenters. The molecule has 0 unspecified atom stereocenters. The van der Waals surface area contributed by atoms with Gasteiger partial charge in [0.25, 0.3) is 5.92 Å². The zero-order chi connectivity index (χ0) is 24.0. The Morgan fingerprint density at radius 1 is 1.15 bits per heavy atom. The van der Waals surface area contributed by atoms with Crippen molar-refractivity contribution in [2.45, 2.75) is 69.1 Å². The van der Waals surface area contributed by atoms with Gasteiger partial charge in [-0.1, -0.05) is 18.2 Å². The number of benzene rings is 1. The first kappa shape index (κ1) is 23.5. The van der Waals surface area contributed by atoms with Crippen LogP contribution in [0.2, 0.25) is 0 Å². The van der Waals surface area contributed by atoms with E-state index in [1.807, 2.05) is 0 Å². The van der Waals surface area contributed by atoms with Gasteiger partial charge in [0.05, 0.1) is 35.4 Å². The van der Waals surface area contributed by atoms with Crippen LogP contribution >= 0.6 is 0 Å². The van der Waals surface area contributed by atoms with Crippen LogP contribution in [-0.2, 0) is 22.1 Å². The molecule has 1 saturated carbocycles. The molecule has 33 heavy (non-hydrogen) atoms. The maximum Gasteiger partial charge on any atom is 0.435 e. The summed E-state index contributed by atoms with van der Waals surface area (Å²) in [6.45, 7) is -3.06. The molecule has 2 aromatic rings. The molecule has 0 aliphatic heterocycles. The Bertz CT molecular complexity index is 1010. The predicted molar refractivity (Wildman–Crippen MR) is 98.9 cm³/mol. The molecule has 1 fully saturated rings. The highest BCUT2D eigenvalue weighted by Gasteiger charge is 2.58. The summed E-state index contributed by atoms with van der Waals surface area (Å²) in [5.74, 6) is -5.01. The highest BCUT2D eigenvalue weighted by molar-refractivity contribution is 5.89. The van der Waals surface area contributed by atoms with Gasteiger partial charge in [-0.05, 0) is 37.8 Å². The van der Waals surface area contributed by atoms with Crippen LogP contribution in [0.4, 0.5) is 30.7 Å². The van der Waals surface area contributed by atoms with Crippen molar-refractivity contribution in [2.24, 2.45) is 0 Å².